The summed E-state index contributed by atoms with van der Waals surface area (Å²) in [6.45, 7) is 8.68. The number of nitrogens with zero attached hydrogens (tertiary/aromatic N) is 5. The van der Waals surface area contributed by atoms with Crippen molar-refractivity contribution in [1.29, 1.82) is 0 Å². The summed E-state index contributed by atoms with van der Waals surface area (Å²) in [7, 11) is 1.43. The smallest absolute Gasteiger partial charge is 0.282 e. The zero-order valence-corrected chi connectivity index (χ0v) is 19.4. The summed E-state index contributed by atoms with van der Waals surface area (Å²) in [4.78, 5) is 42.6. The third-order valence-electron chi connectivity index (χ3n) is 5.70. The van der Waals surface area contributed by atoms with Crippen molar-refractivity contribution in [2.45, 2.75) is 26.2 Å². The molecule has 11 heteroatoms. The molecule has 1 saturated heterocycles. The van der Waals surface area contributed by atoms with Gasteiger partial charge in [0.1, 0.15) is 17.1 Å². The normalized spacial score (nSPS) is 14.7. The predicted molar refractivity (Wildman–Crippen MR) is 130 cm³/mol. The van der Waals surface area contributed by atoms with E-state index in [-0.39, 0.29) is 16.9 Å². The first-order valence-corrected chi connectivity index (χ1v) is 11.1. The summed E-state index contributed by atoms with van der Waals surface area (Å²) in [5.74, 6) is -0.151. The fourth-order valence-electron chi connectivity index (χ4n) is 3.80. The van der Waals surface area contributed by atoms with E-state index < -0.39 is 12.3 Å². The van der Waals surface area contributed by atoms with E-state index in [0.717, 1.165) is 6.54 Å². The topological polar surface area (TPSA) is 106 Å². The minimum absolute atomic E-state index is 0.0252. The fourth-order valence-corrected chi connectivity index (χ4v) is 3.80. The van der Waals surface area contributed by atoms with Gasteiger partial charge in [0.25, 0.3) is 17.9 Å². The molecule has 0 spiro atoms. The molecule has 0 unspecified atom stereocenters. The quantitative estimate of drug-likeness (QED) is 0.545. The molecule has 182 valence electrons. The van der Waals surface area contributed by atoms with Crippen LogP contribution in [-0.2, 0) is 6.42 Å². The number of anilines is 1. The van der Waals surface area contributed by atoms with Crippen molar-refractivity contribution in [2.75, 3.05) is 44.7 Å². The first-order valence-electron chi connectivity index (χ1n) is 11.1. The molecule has 1 aliphatic heterocycles. The van der Waals surface area contributed by atoms with Gasteiger partial charge in [-0.2, -0.15) is 0 Å². The minimum Gasteiger partial charge on any atom is -0.367 e. The van der Waals surface area contributed by atoms with Crippen molar-refractivity contribution in [2.24, 2.45) is 9.98 Å². The van der Waals surface area contributed by atoms with Gasteiger partial charge in [0.2, 0.25) is 0 Å². The van der Waals surface area contributed by atoms with Crippen molar-refractivity contribution >= 4 is 36.0 Å². The first-order chi connectivity index (χ1) is 16.4. The molecule has 2 aromatic heterocycles. The molecule has 0 radical (unpaired) electrons. The molecular weight excluding hydrogens is 444 g/mol. The van der Waals surface area contributed by atoms with E-state index in [4.69, 9.17) is 0 Å². The number of amides is 1. The van der Waals surface area contributed by atoms with Crippen LogP contribution >= 0.6 is 0 Å². The van der Waals surface area contributed by atoms with Gasteiger partial charge in [-0.05, 0) is 37.8 Å². The molecule has 0 aromatic carbocycles. The number of aromatic nitrogens is 2. The molecule has 2 aromatic rings. The molecule has 0 aliphatic carbocycles. The Labute approximate surface area is 196 Å². The number of nitrogens with one attached hydrogen (secondary N) is 2. The number of carbonyl (C=O) groups excluding carboxylic acids is 1. The molecule has 9 nitrogen and oxygen atoms in total. The number of H-pyrrole nitrogens is 1. The molecule has 34 heavy (non-hydrogen) atoms. The van der Waals surface area contributed by atoms with Gasteiger partial charge in [0.05, 0.1) is 5.69 Å². The molecule has 0 saturated carbocycles. The van der Waals surface area contributed by atoms with Crippen LogP contribution in [0.2, 0.25) is 0 Å². The maximum Gasteiger partial charge on any atom is 0.282 e. The number of alkyl halides is 2. The number of aromatic amines is 1. The minimum atomic E-state index is -2.77. The van der Waals surface area contributed by atoms with Gasteiger partial charge in [-0.1, -0.05) is 6.92 Å². The van der Waals surface area contributed by atoms with E-state index in [9.17, 15) is 18.4 Å². The Balaban J connectivity index is 1.58. The summed E-state index contributed by atoms with van der Waals surface area (Å²) in [5, 5.41) is 2.40. The lowest BCUT2D eigenvalue weighted by Crippen LogP contribution is -2.47. The van der Waals surface area contributed by atoms with Gasteiger partial charge < -0.3 is 15.2 Å². The van der Waals surface area contributed by atoms with Crippen LogP contribution < -0.4 is 15.8 Å². The highest BCUT2D eigenvalue weighted by molar-refractivity contribution is 5.92. The average molecular weight is 474 g/mol. The lowest BCUT2D eigenvalue weighted by Gasteiger charge is -2.36. The second-order valence-corrected chi connectivity index (χ2v) is 7.78. The molecule has 1 amide bonds. The number of halogens is 2. The van der Waals surface area contributed by atoms with Gasteiger partial charge >= 0.3 is 0 Å². The zero-order valence-electron chi connectivity index (χ0n) is 19.4. The lowest BCUT2D eigenvalue weighted by atomic mass is 10.2. The molecule has 0 bridgehead atoms. The number of hydrogen-bond donors (Lipinski definition) is 2. The van der Waals surface area contributed by atoms with Gasteiger partial charge in [0.15, 0.2) is 5.82 Å². The Morgan fingerprint density at radius 3 is 2.68 bits per heavy atom. The number of piperazine rings is 1. The van der Waals surface area contributed by atoms with E-state index in [1.165, 1.54) is 13.1 Å². The highest BCUT2D eigenvalue weighted by Crippen LogP contribution is 2.29. The molecular formula is C23H29F2N7O2. The number of rotatable bonds is 9. The van der Waals surface area contributed by atoms with Crippen molar-refractivity contribution in [3.63, 3.8) is 0 Å². The van der Waals surface area contributed by atoms with Gasteiger partial charge in [-0.15, -0.1) is 0 Å². The molecule has 0 atom stereocenters. The average Bonchev–Trinajstić information content (AvgIpc) is 2.86. The molecule has 3 heterocycles. The summed E-state index contributed by atoms with van der Waals surface area (Å²) in [6.07, 6.45) is 0.286. The van der Waals surface area contributed by atoms with Crippen LogP contribution in [0.15, 0.2) is 33.0 Å². The Morgan fingerprint density at radius 2 is 2.06 bits per heavy atom. The van der Waals surface area contributed by atoms with Crippen LogP contribution in [0.1, 0.15) is 41.5 Å². The van der Waals surface area contributed by atoms with Gasteiger partial charge in [-0.3, -0.25) is 19.5 Å². The monoisotopic (exact) mass is 473 g/mol. The van der Waals surface area contributed by atoms with E-state index in [1.54, 1.807) is 18.3 Å². The molecule has 1 fully saturated rings. The molecule has 2 N–H and O–H groups in total. The van der Waals surface area contributed by atoms with Crippen LogP contribution in [-0.4, -0.2) is 73.5 Å². The SMILES string of the molecule is C=Nc1[nH]c(=O)c(CC)cc1N=CCCN1CCN(c2ccc(C(=O)NC)nc2C(F)F)CC1. The van der Waals surface area contributed by atoms with Crippen LogP contribution in [0.3, 0.4) is 0 Å². The Morgan fingerprint density at radius 1 is 1.32 bits per heavy atom. The second kappa shape index (κ2) is 11.6. The highest BCUT2D eigenvalue weighted by atomic mass is 19.3. The third-order valence-corrected chi connectivity index (χ3v) is 5.70. The summed E-state index contributed by atoms with van der Waals surface area (Å²) >= 11 is 0. The van der Waals surface area contributed by atoms with E-state index in [2.05, 4.69) is 36.9 Å². The predicted octanol–water partition coefficient (Wildman–Crippen LogP) is 2.88. The van der Waals surface area contributed by atoms with Crippen molar-refractivity contribution in [3.8, 4) is 0 Å². The maximum atomic E-state index is 13.6. The molecule has 1 aliphatic rings. The second-order valence-electron chi connectivity index (χ2n) is 7.78. The Hall–Kier alpha value is -3.47. The number of carbonyl (C=O) groups is 1. The van der Waals surface area contributed by atoms with Crippen molar-refractivity contribution < 1.29 is 13.6 Å². The van der Waals surface area contributed by atoms with Gasteiger partial charge in [-0.25, -0.2) is 18.8 Å². The van der Waals surface area contributed by atoms with Crippen LogP contribution in [0.25, 0.3) is 0 Å². The number of hydrogen-bond acceptors (Lipinski definition) is 7. The fraction of sp³-hybridized carbons (Fsp3) is 0.435. The number of aliphatic imine (C=N–C) groups is 2. The zero-order chi connectivity index (χ0) is 24.7. The largest absolute Gasteiger partial charge is 0.367 e. The number of pyridine rings is 2. The van der Waals surface area contributed by atoms with Crippen molar-refractivity contribution in [3.05, 3.63) is 45.5 Å². The summed E-state index contributed by atoms with van der Waals surface area (Å²) in [6, 6.07) is 4.74. The Kier molecular flexibility index (Phi) is 8.58. The maximum absolute atomic E-state index is 13.6. The van der Waals surface area contributed by atoms with Crippen LogP contribution in [0.5, 0.6) is 0 Å². The Bertz CT molecular complexity index is 1110. The highest BCUT2D eigenvalue weighted by Gasteiger charge is 2.24. The lowest BCUT2D eigenvalue weighted by molar-refractivity contribution is 0.0956. The third kappa shape index (κ3) is 5.90. The standard InChI is InChI=1S/C23H29F2N7O2/c1-4-15-14-17(21(26-2)30-22(15)33)28-8-5-9-31-10-12-32(13-11-31)18-7-6-16(23(34)27-3)29-19(18)20(24)25/h6-8,14,20H,2,4-5,9-13H2,1,3H3,(H,27,34)(H,30,33). The number of aryl methyl sites for hydroxylation is 1. The first kappa shape index (κ1) is 25.2. The summed E-state index contributed by atoms with van der Waals surface area (Å²) in [5.41, 5.74) is 0.983. The van der Waals surface area contributed by atoms with Crippen LogP contribution in [0, 0.1) is 0 Å². The van der Waals surface area contributed by atoms with E-state index in [0.29, 0.717) is 61.8 Å². The van der Waals surface area contributed by atoms with Crippen molar-refractivity contribution in [1.82, 2.24) is 20.2 Å². The molecule has 3 rings (SSSR count). The van der Waals surface area contributed by atoms with E-state index >= 15 is 0 Å². The van der Waals surface area contributed by atoms with Crippen LogP contribution in [0.4, 0.5) is 26.0 Å². The summed E-state index contributed by atoms with van der Waals surface area (Å²) < 4.78 is 27.2. The van der Waals surface area contributed by atoms with Gasteiger partial charge in [0, 0.05) is 51.5 Å². The van der Waals surface area contributed by atoms with E-state index in [1.807, 2.05) is 11.8 Å².